The van der Waals surface area contributed by atoms with Crippen LogP contribution in [-0.2, 0) is 28.6 Å². The first-order valence-electron chi connectivity index (χ1n) is 26.0. The molecular weight excluding hydrogens is 745 g/mol. The van der Waals surface area contributed by atoms with Crippen LogP contribution in [0.5, 0.6) is 0 Å². The first kappa shape index (κ1) is 57.6. The van der Waals surface area contributed by atoms with Gasteiger partial charge in [-0.2, -0.15) is 0 Å². The highest BCUT2D eigenvalue weighted by atomic mass is 16.6. The Hall–Kier alpha value is -2.37. The van der Waals surface area contributed by atoms with Crippen LogP contribution in [0.3, 0.4) is 0 Å². The molecule has 0 aromatic heterocycles. The van der Waals surface area contributed by atoms with E-state index in [4.69, 9.17) is 14.2 Å². The maximum absolute atomic E-state index is 12.8. The van der Waals surface area contributed by atoms with Crippen molar-refractivity contribution in [1.82, 2.24) is 0 Å². The zero-order valence-corrected chi connectivity index (χ0v) is 40.0. The molecule has 350 valence electrons. The van der Waals surface area contributed by atoms with Crippen LogP contribution in [0.15, 0.2) is 36.5 Å². The second-order valence-corrected chi connectivity index (χ2v) is 17.4. The summed E-state index contributed by atoms with van der Waals surface area (Å²) < 4.78 is 16.8. The van der Waals surface area contributed by atoms with Crippen LogP contribution in [-0.4, -0.2) is 37.2 Å². The number of hydrogen-bond acceptors (Lipinski definition) is 6. The highest BCUT2D eigenvalue weighted by molar-refractivity contribution is 5.71. The Morgan fingerprint density at radius 2 is 0.650 bits per heavy atom. The molecule has 0 heterocycles. The highest BCUT2D eigenvalue weighted by Crippen LogP contribution is 2.15. The Kier molecular flexibility index (Phi) is 47.3. The minimum Gasteiger partial charge on any atom is -0.462 e. The van der Waals surface area contributed by atoms with E-state index < -0.39 is 6.10 Å². The Balaban J connectivity index is 4.34. The average molecular weight is 843 g/mol. The zero-order chi connectivity index (χ0) is 43.7. The fourth-order valence-corrected chi connectivity index (χ4v) is 7.48. The molecule has 0 aliphatic rings. The van der Waals surface area contributed by atoms with Crippen LogP contribution in [0.4, 0.5) is 0 Å². The minimum absolute atomic E-state index is 0.0762. The van der Waals surface area contributed by atoms with Gasteiger partial charge in [-0.15, -0.1) is 0 Å². The lowest BCUT2D eigenvalue weighted by molar-refractivity contribution is -0.167. The van der Waals surface area contributed by atoms with Gasteiger partial charge in [0.1, 0.15) is 13.2 Å². The quantitative estimate of drug-likeness (QED) is 0.0263. The molecule has 0 saturated heterocycles. The predicted molar refractivity (Wildman–Crippen MR) is 256 cm³/mol. The summed E-state index contributed by atoms with van der Waals surface area (Å²) in [6, 6.07) is 0. The van der Waals surface area contributed by atoms with Crippen LogP contribution in [0.25, 0.3) is 0 Å². The largest absolute Gasteiger partial charge is 0.462 e. The van der Waals surface area contributed by atoms with Crippen LogP contribution in [0.2, 0.25) is 0 Å². The van der Waals surface area contributed by atoms with E-state index in [1.54, 1.807) is 0 Å². The smallest absolute Gasteiger partial charge is 0.306 e. The summed E-state index contributed by atoms with van der Waals surface area (Å²) in [6.07, 6.45) is 57.0. The number of carbonyl (C=O) groups is 3. The Labute approximate surface area is 372 Å². The minimum atomic E-state index is -0.775. The lowest BCUT2D eigenvalue weighted by Crippen LogP contribution is -2.30. The van der Waals surface area contributed by atoms with Crippen molar-refractivity contribution in [3.05, 3.63) is 36.5 Å². The summed E-state index contributed by atoms with van der Waals surface area (Å²) in [5, 5.41) is 0. The molecule has 60 heavy (non-hydrogen) atoms. The van der Waals surface area contributed by atoms with Gasteiger partial charge in [0.2, 0.25) is 0 Å². The van der Waals surface area contributed by atoms with Crippen molar-refractivity contribution >= 4 is 17.9 Å². The van der Waals surface area contributed by atoms with Crippen LogP contribution in [0.1, 0.15) is 271 Å². The van der Waals surface area contributed by atoms with Crippen molar-refractivity contribution in [3.63, 3.8) is 0 Å². The van der Waals surface area contributed by atoms with E-state index in [9.17, 15) is 14.4 Å². The summed E-state index contributed by atoms with van der Waals surface area (Å²) in [5.41, 5.74) is 0. The topological polar surface area (TPSA) is 78.9 Å². The molecular formula is C54H98O6. The van der Waals surface area contributed by atoms with E-state index in [0.717, 1.165) is 83.5 Å². The van der Waals surface area contributed by atoms with E-state index in [0.29, 0.717) is 19.3 Å². The lowest BCUT2D eigenvalue weighted by atomic mass is 10.0. The average Bonchev–Trinajstić information content (AvgIpc) is 3.24. The van der Waals surface area contributed by atoms with Crippen molar-refractivity contribution in [2.75, 3.05) is 13.2 Å². The van der Waals surface area contributed by atoms with Gasteiger partial charge in [0.25, 0.3) is 0 Å². The molecule has 6 heteroatoms. The molecule has 0 N–H and O–H groups in total. The van der Waals surface area contributed by atoms with Gasteiger partial charge in [-0.05, 0) is 70.6 Å². The molecule has 0 bridgehead atoms. The second-order valence-electron chi connectivity index (χ2n) is 17.4. The van der Waals surface area contributed by atoms with Crippen LogP contribution < -0.4 is 0 Å². The number of ether oxygens (including phenoxy) is 3. The first-order chi connectivity index (χ1) is 29.5. The SMILES string of the molecule is CC/C=C\C/C=C\CCCCCCCC(=O)OCC(COC(=O)CCCCCCCCC/C=C\CCCCCCCC)OC(=O)CCCCCCCCCCCCCCC. The highest BCUT2D eigenvalue weighted by Gasteiger charge is 2.19. The molecule has 0 aliphatic carbocycles. The number of esters is 3. The number of rotatable bonds is 47. The van der Waals surface area contributed by atoms with Crippen molar-refractivity contribution in [2.45, 2.75) is 277 Å². The molecule has 1 atom stereocenters. The molecule has 0 saturated carbocycles. The molecule has 0 fully saturated rings. The molecule has 0 aromatic carbocycles. The Morgan fingerprint density at radius 3 is 1.02 bits per heavy atom. The summed E-state index contributed by atoms with van der Waals surface area (Å²) in [4.78, 5) is 37.9. The van der Waals surface area contributed by atoms with Crippen molar-refractivity contribution < 1.29 is 28.6 Å². The van der Waals surface area contributed by atoms with Gasteiger partial charge < -0.3 is 14.2 Å². The Morgan fingerprint density at radius 1 is 0.350 bits per heavy atom. The number of carbonyl (C=O) groups excluding carboxylic acids is 3. The van der Waals surface area contributed by atoms with E-state index >= 15 is 0 Å². The fourth-order valence-electron chi connectivity index (χ4n) is 7.48. The van der Waals surface area contributed by atoms with Crippen LogP contribution in [0, 0.1) is 0 Å². The Bertz CT molecular complexity index is 1020. The molecule has 1 unspecified atom stereocenters. The molecule has 0 spiro atoms. The second kappa shape index (κ2) is 49.3. The van der Waals surface area contributed by atoms with Gasteiger partial charge in [0, 0.05) is 19.3 Å². The van der Waals surface area contributed by atoms with E-state index in [1.807, 2.05) is 0 Å². The molecule has 0 radical (unpaired) electrons. The van der Waals surface area contributed by atoms with E-state index in [-0.39, 0.29) is 31.1 Å². The lowest BCUT2D eigenvalue weighted by Gasteiger charge is -2.18. The zero-order valence-electron chi connectivity index (χ0n) is 40.0. The van der Waals surface area contributed by atoms with Gasteiger partial charge in [0.05, 0.1) is 0 Å². The summed E-state index contributed by atoms with van der Waals surface area (Å²) in [5.74, 6) is -0.885. The van der Waals surface area contributed by atoms with E-state index in [1.165, 1.54) is 148 Å². The molecule has 0 rings (SSSR count). The molecule has 0 aromatic rings. The first-order valence-corrected chi connectivity index (χ1v) is 26.0. The molecule has 6 nitrogen and oxygen atoms in total. The maximum Gasteiger partial charge on any atom is 0.306 e. The monoisotopic (exact) mass is 843 g/mol. The van der Waals surface area contributed by atoms with Gasteiger partial charge in [0.15, 0.2) is 6.10 Å². The summed E-state index contributed by atoms with van der Waals surface area (Å²) in [6.45, 7) is 6.53. The third kappa shape index (κ3) is 46.7. The normalized spacial score (nSPS) is 12.2. The fraction of sp³-hybridized carbons (Fsp3) is 0.833. The van der Waals surface area contributed by atoms with E-state index in [2.05, 4.69) is 57.2 Å². The summed E-state index contributed by atoms with van der Waals surface area (Å²) in [7, 11) is 0. The summed E-state index contributed by atoms with van der Waals surface area (Å²) >= 11 is 0. The number of hydrogen-bond donors (Lipinski definition) is 0. The maximum atomic E-state index is 12.8. The van der Waals surface area contributed by atoms with Crippen molar-refractivity contribution in [1.29, 1.82) is 0 Å². The predicted octanol–water partition coefficient (Wildman–Crippen LogP) is 16.9. The van der Waals surface area contributed by atoms with Gasteiger partial charge in [-0.25, -0.2) is 0 Å². The standard InChI is InChI=1S/C54H98O6/c1-4-7-10-13-16-19-22-25-26-27-28-30-32-35-38-41-44-47-53(56)59-50-51(49-58-52(55)46-43-40-37-34-31-24-21-18-15-12-9-6-3)60-54(57)48-45-42-39-36-33-29-23-20-17-14-11-8-5-2/h9,12,18,21,25-26,51H,4-8,10-11,13-17,19-20,22-24,27-50H2,1-3H3/b12-9-,21-18-,26-25-. The van der Waals surface area contributed by atoms with Gasteiger partial charge >= 0.3 is 17.9 Å². The van der Waals surface area contributed by atoms with Crippen LogP contribution >= 0.6 is 0 Å². The molecule has 0 aliphatic heterocycles. The third-order valence-electron chi connectivity index (χ3n) is 11.4. The number of unbranched alkanes of at least 4 members (excludes halogenated alkanes) is 30. The molecule has 0 amide bonds. The van der Waals surface area contributed by atoms with Crippen molar-refractivity contribution in [3.8, 4) is 0 Å². The van der Waals surface area contributed by atoms with Gasteiger partial charge in [-0.1, -0.05) is 218 Å². The number of allylic oxidation sites excluding steroid dienone is 6. The third-order valence-corrected chi connectivity index (χ3v) is 11.4. The van der Waals surface area contributed by atoms with Gasteiger partial charge in [-0.3, -0.25) is 14.4 Å². The van der Waals surface area contributed by atoms with Crippen molar-refractivity contribution in [2.24, 2.45) is 0 Å².